The number of alkyl carbamates (subject to hydrolysis) is 1. The van der Waals surface area contributed by atoms with Crippen molar-refractivity contribution in [2.75, 3.05) is 6.61 Å². The standard InChI is InChI=1S/C14H18INO4.C3H8/c1-2-20-14(19)16-11(9-13(17)18)8-7-10-5-3-4-6-12(10)15;1-3-2/h3-6,11H,2,7-9H2,1H3,(H,16,19)(H,17,18);3H2,1-2H3. The third-order valence-electron chi connectivity index (χ3n) is 2.74. The second kappa shape index (κ2) is 13.2. The second-order valence-electron chi connectivity index (χ2n) is 5.00. The van der Waals surface area contributed by atoms with Crippen LogP contribution >= 0.6 is 22.6 Å². The Morgan fingerprint density at radius 3 is 2.39 bits per heavy atom. The fraction of sp³-hybridized carbons (Fsp3) is 0.529. The van der Waals surface area contributed by atoms with E-state index in [0.717, 1.165) is 9.13 Å². The Morgan fingerprint density at radius 2 is 1.87 bits per heavy atom. The van der Waals surface area contributed by atoms with Crippen molar-refractivity contribution in [2.24, 2.45) is 0 Å². The van der Waals surface area contributed by atoms with Gasteiger partial charge in [0.1, 0.15) is 0 Å². The number of ether oxygens (including phenoxy) is 1. The maximum Gasteiger partial charge on any atom is 0.407 e. The number of aryl methyl sites for hydroxylation is 1. The van der Waals surface area contributed by atoms with Crippen molar-refractivity contribution < 1.29 is 19.4 Å². The van der Waals surface area contributed by atoms with E-state index in [9.17, 15) is 9.59 Å². The van der Waals surface area contributed by atoms with Crippen LogP contribution in [0.4, 0.5) is 4.79 Å². The normalized spacial score (nSPS) is 11.0. The van der Waals surface area contributed by atoms with Crippen LogP contribution in [0.5, 0.6) is 0 Å². The van der Waals surface area contributed by atoms with Crippen molar-refractivity contribution in [2.45, 2.75) is 52.5 Å². The van der Waals surface area contributed by atoms with Crippen LogP contribution in [0.1, 0.15) is 45.6 Å². The SMILES string of the molecule is CCC.CCOC(=O)NC(CCc1ccccc1I)CC(=O)O. The average Bonchev–Trinajstić information content (AvgIpc) is 2.46. The number of nitrogens with one attached hydrogen (secondary N) is 1. The fourth-order valence-corrected chi connectivity index (χ4v) is 2.46. The zero-order valence-electron chi connectivity index (χ0n) is 14.0. The number of carbonyl (C=O) groups excluding carboxylic acids is 1. The number of hydrogen-bond acceptors (Lipinski definition) is 3. The smallest absolute Gasteiger partial charge is 0.407 e. The predicted molar refractivity (Wildman–Crippen MR) is 99.6 cm³/mol. The van der Waals surface area contributed by atoms with Crippen LogP contribution in [0.15, 0.2) is 24.3 Å². The minimum atomic E-state index is -0.936. The topological polar surface area (TPSA) is 75.6 Å². The first-order chi connectivity index (χ1) is 10.9. The zero-order valence-corrected chi connectivity index (χ0v) is 16.1. The fourth-order valence-electron chi connectivity index (χ4n) is 1.81. The maximum atomic E-state index is 11.4. The Balaban J connectivity index is 0.00000149. The van der Waals surface area contributed by atoms with Crippen molar-refractivity contribution in [3.63, 3.8) is 0 Å². The molecule has 1 rings (SSSR count). The van der Waals surface area contributed by atoms with Crippen LogP contribution in [0, 0.1) is 3.57 Å². The van der Waals surface area contributed by atoms with E-state index in [-0.39, 0.29) is 13.0 Å². The first-order valence-corrected chi connectivity index (χ1v) is 8.90. The zero-order chi connectivity index (χ0) is 17.7. The Labute approximate surface area is 151 Å². The molecular formula is C17H26INO4. The largest absolute Gasteiger partial charge is 0.481 e. The molecule has 0 radical (unpaired) electrons. The number of aliphatic carboxylic acids is 1. The van der Waals surface area contributed by atoms with E-state index in [4.69, 9.17) is 9.84 Å². The summed E-state index contributed by atoms with van der Waals surface area (Å²) in [5.74, 6) is -0.936. The highest BCUT2D eigenvalue weighted by molar-refractivity contribution is 14.1. The van der Waals surface area contributed by atoms with Crippen molar-refractivity contribution in [1.29, 1.82) is 0 Å². The lowest BCUT2D eigenvalue weighted by atomic mass is 10.0. The van der Waals surface area contributed by atoms with Crippen LogP contribution in [-0.2, 0) is 16.0 Å². The first kappa shape index (κ1) is 21.7. The number of benzene rings is 1. The summed E-state index contributed by atoms with van der Waals surface area (Å²) in [4.78, 5) is 22.2. The number of carboxylic acids is 1. The van der Waals surface area contributed by atoms with Gasteiger partial charge < -0.3 is 15.2 Å². The van der Waals surface area contributed by atoms with Gasteiger partial charge in [0.15, 0.2) is 0 Å². The second-order valence-corrected chi connectivity index (χ2v) is 6.16. The van der Waals surface area contributed by atoms with Crippen LogP contribution in [0.3, 0.4) is 0 Å². The van der Waals surface area contributed by atoms with Gasteiger partial charge in [-0.25, -0.2) is 4.79 Å². The summed E-state index contributed by atoms with van der Waals surface area (Å²) in [6.07, 6.45) is 1.85. The highest BCUT2D eigenvalue weighted by atomic mass is 127. The van der Waals surface area contributed by atoms with Crippen LogP contribution < -0.4 is 5.32 Å². The quantitative estimate of drug-likeness (QED) is 0.629. The van der Waals surface area contributed by atoms with Gasteiger partial charge in [0.05, 0.1) is 13.0 Å². The van der Waals surface area contributed by atoms with Crippen molar-refractivity contribution in [3.8, 4) is 0 Å². The van der Waals surface area contributed by atoms with E-state index >= 15 is 0 Å². The molecule has 130 valence electrons. The number of hydrogen-bond donors (Lipinski definition) is 2. The number of carbonyl (C=O) groups is 2. The van der Waals surface area contributed by atoms with Gasteiger partial charge in [-0.3, -0.25) is 4.79 Å². The van der Waals surface area contributed by atoms with Gasteiger partial charge in [-0.05, 0) is 54.0 Å². The predicted octanol–water partition coefficient (Wildman–Crippen LogP) is 4.23. The van der Waals surface area contributed by atoms with E-state index in [1.807, 2.05) is 24.3 Å². The monoisotopic (exact) mass is 435 g/mol. The van der Waals surface area contributed by atoms with Crippen LogP contribution in [-0.4, -0.2) is 29.8 Å². The molecule has 1 aromatic rings. The number of halogens is 1. The minimum absolute atomic E-state index is 0.109. The molecule has 0 aliphatic heterocycles. The molecule has 0 heterocycles. The molecule has 5 nitrogen and oxygen atoms in total. The molecule has 0 spiro atoms. The summed E-state index contributed by atoms with van der Waals surface area (Å²) in [6, 6.07) is 7.48. The van der Waals surface area contributed by atoms with Gasteiger partial charge in [0.25, 0.3) is 0 Å². The molecule has 0 saturated carbocycles. The molecule has 1 amide bonds. The van der Waals surface area contributed by atoms with Gasteiger partial charge in [-0.1, -0.05) is 38.5 Å². The first-order valence-electron chi connectivity index (χ1n) is 7.82. The van der Waals surface area contributed by atoms with Crippen molar-refractivity contribution in [3.05, 3.63) is 33.4 Å². The van der Waals surface area contributed by atoms with Gasteiger partial charge in [0.2, 0.25) is 0 Å². The maximum absolute atomic E-state index is 11.4. The molecular weight excluding hydrogens is 409 g/mol. The minimum Gasteiger partial charge on any atom is -0.481 e. The summed E-state index contributed by atoms with van der Waals surface area (Å²) in [7, 11) is 0. The lowest BCUT2D eigenvalue weighted by Crippen LogP contribution is -2.37. The van der Waals surface area contributed by atoms with Gasteiger partial charge in [-0.2, -0.15) is 0 Å². The van der Waals surface area contributed by atoms with E-state index in [0.29, 0.717) is 12.8 Å². The molecule has 0 bridgehead atoms. The number of carboxylic acid groups (broad SMARTS) is 1. The highest BCUT2D eigenvalue weighted by Gasteiger charge is 2.17. The van der Waals surface area contributed by atoms with Crippen molar-refractivity contribution >= 4 is 34.7 Å². The number of rotatable bonds is 7. The lowest BCUT2D eigenvalue weighted by molar-refractivity contribution is -0.137. The molecule has 0 aromatic heterocycles. The molecule has 1 atom stereocenters. The molecule has 6 heteroatoms. The molecule has 2 N–H and O–H groups in total. The summed E-state index contributed by atoms with van der Waals surface area (Å²) in [5, 5.41) is 11.5. The third-order valence-corrected chi connectivity index (χ3v) is 3.79. The molecule has 0 fully saturated rings. The van der Waals surface area contributed by atoms with E-state index in [1.165, 1.54) is 6.42 Å². The summed E-state index contributed by atoms with van der Waals surface area (Å²) in [5.41, 5.74) is 1.15. The van der Waals surface area contributed by atoms with E-state index in [1.54, 1.807) is 6.92 Å². The Hall–Kier alpha value is -1.31. The molecule has 23 heavy (non-hydrogen) atoms. The lowest BCUT2D eigenvalue weighted by Gasteiger charge is -2.17. The molecule has 0 aliphatic carbocycles. The van der Waals surface area contributed by atoms with Crippen molar-refractivity contribution in [1.82, 2.24) is 5.32 Å². The molecule has 1 unspecified atom stereocenters. The Kier molecular flexibility index (Phi) is 12.4. The molecule has 0 saturated heterocycles. The number of amides is 1. The van der Waals surface area contributed by atoms with Gasteiger partial charge in [0, 0.05) is 9.61 Å². The molecule has 0 aliphatic rings. The summed E-state index contributed by atoms with van der Waals surface area (Å²) < 4.78 is 5.92. The Bertz CT molecular complexity index is 479. The van der Waals surface area contributed by atoms with E-state index < -0.39 is 18.1 Å². The van der Waals surface area contributed by atoms with Crippen LogP contribution in [0.2, 0.25) is 0 Å². The highest BCUT2D eigenvalue weighted by Crippen LogP contribution is 2.15. The van der Waals surface area contributed by atoms with Gasteiger partial charge in [-0.15, -0.1) is 0 Å². The Morgan fingerprint density at radius 1 is 1.26 bits per heavy atom. The van der Waals surface area contributed by atoms with Crippen LogP contribution in [0.25, 0.3) is 0 Å². The third kappa shape index (κ3) is 11.0. The molecule has 1 aromatic carbocycles. The summed E-state index contributed by atoms with van der Waals surface area (Å²) >= 11 is 2.24. The average molecular weight is 435 g/mol. The van der Waals surface area contributed by atoms with Gasteiger partial charge >= 0.3 is 12.1 Å². The summed E-state index contributed by atoms with van der Waals surface area (Å²) in [6.45, 7) is 6.22. The van der Waals surface area contributed by atoms with E-state index in [2.05, 4.69) is 41.8 Å².